The lowest BCUT2D eigenvalue weighted by atomic mass is 10.0. The molecule has 3 aromatic rings. The number of urea groups is 1. The van der Waals surface area contributed by atoms with Gasteiger partial charge in [-0.25, -0.2) is 19.5 Å². The van der Waals surface area contributed by atoms with Gasteiger partial charge in [0.25, 0.3) is 17.9 Å². The zero-order chi connectivity index (χ0) is 25.1. The average Bonchev–Trinajstić information content (AvgIpc) is 3.21. The third-order valence-corrected chi connectivity index (χ3v) is 5.76. The average molecular weight is 476 g/mol. The molecule has 2 aromatic carbocycles. The highest BCUT2D eigenvalue weighted by molar-refractivity contribution is 6.32. The third kappa shape index (κ3) is 4.98. The maximum absolute atomic E-state index is 13.2. The minimum Gasteiger partial charge on any atom is -0.458 e. The normalized spacial score (nSPS) is 17.3. The van der Waals surface area contributed by atoms with Crippen molar-refractivity contribution >= 4 is 46.6 Å². The summed E-state index contributed by atoms with van der Waals surface area (Å²) in [6.45, 7) is 5.25. The van der Waals surface area contributed by atoms with Crippen LogP contribution >= 0.6 is 0 Å². The fraction of sp³-hybridized carbons (Fsp3) is 0.269. The van der Waals surface area contributed by atoms with E-state index in [2.05, 4.69) is 15.3 Å². The summed E-state index contributed by atoms with van der Waals surface area (Å²) in [5.74, 6) is -3.30. The van der Waals surface area contributed by atoms with E-state index in [1.165, 1.54) is 6.21 Å². The van der Waals surface area contributed by atoms with Crippen LogP contribution in [0.15, 0.2) is 54.7 Å². The molecule has 9 heteroatoms. The van der Waals surface area contributed by atoms with Crippen molar-refractivity contribution in [1.82, 2.24) is 10.3 Å². The van der Waals surface area contributed by atoms with Gasteiger partial charge in [-0.3, -0.25) is 14.9 Å². The number of anilines is 1. The summed E-state index contributed by atoms with van der Waals surface area (Å²) < 4.78 is 5.41. The minimum atomic E-state index is -1.32. The number of nitrogens with one attached hydrogen (secondary N) is 3. The number of nitrogens with zero attached hydrogens (tertiary/aromatic N) is 1. The van der Waals surface area contributed by atoms with Crippen molar-refractivity contribution in [1.29, 1.82) is 0 Å². The topological polar surface area (TPSA) is 123 Å². The van der Waals surface area contributed by atoms with Gasteiger partial charge < -0.3 is 9.72 Å². The molecular formula is C26H27N4O5+. The Morgan fingerprint density at radius 3 is 2.57 bits per heavy atom. The number of carbonyl (C=O) groups is 4. The SMILES string of the molecule is Cc1ccccc1N1C(=O)NC(=O)[C@H](C=[NH+][C@H](Cc2c[nH]c3ccccc23)C(=O)OC(C)C)C1=O. The standard InChI is InChI=1S/C26H26N4O5/c1-15(2)35-25(33)21(12-17-13-27-20-10-6-5-9-18(17)20)28-14-19-23(31)29-26(34)30(24(19)32)22-11-7-4-8-16(22)3/h4-11,13-15,19,21,27H,12H2,1-3H3,(H,29,31,34)/p+1/t19-,21+/m0/s1. The second kappa shape index (κ2) is 9.92. The molecular weight excluding hydrogens is 448 g/mol. The van der Waals surface area contributed by atoms with Gasteiger partial charge >= 0.3 is 12.0 Å². The highest BCUT2D eigenvalue weighted by Crippen LogP contribution is 2.23. The molecule has 0 spiro atoms. The molecule has 9 nitrogen and oxygen atoms in total. The molecule has 0 unspecified atom stereocenters. The maximum atomic E-state index is 13.2. The molecule has 0 saturated carbocycles. The number of fused-ring (bicyclic) bond motifs is 1. The summed E-state index contributed by atoms with van der Waals surface area (Å²) >= 11 is 0. The number of benzene rings is 2. The monoisotopic (exact) mass is 475 g/mol. The zero-order valence-corrected chi connectivity index (χ0v) is 19.7. The fourth-order valence-electron chi connectivity index (χ4n) is 4.04. The molecule has 4 rings (SSSR count). The second-order valence-corrected chi connectivity index (χ2v) is 8.67. The predicted octanol–water partition coefficient (Wildman–Crippen LogP) is 1.39. The van der Waals surface area contributed by atoms with Gasteiger partial charge in [-0.1, -0.05) is 36.4 Å². The number of esters is 1. The Hall–Kier alpha value is -4.27. The van der Waals surface area contributed by atoms with Crippen LogP contribution in [-0.2, 0) is 25.5 Å². The molecule has 3 N–H and O–H groups in total. The molecule has 1 aliphatic heterocycles. The molecule has 1 fully saturated rings. The number of ether oxygens (including phenoxy) is 1. The van der Waals surface area contributed by atoms with Gasteiger partial charge in [0.2, 0.25) is 0 Å². The molecule has 35 heavy (non-hydrogen) atoms. The van der Waals surface area contributed by atoms with Crippen molar-refractivity contribution in [3.63, 3.8) is 0 Å². The summed E-state index contributed by atoms with van der Waals surface area (Å²) in [7, 11) is 0. The lowest BCUT2D eigenvalue weighted by Crippen LogP contribution is -2.82. The third-order valence-electron chi connectivity index (χ3n) is 5.76. The number of rotatable bonds is 7. The van der Waals surface area contributed by atoms with E-state index >= 15 is 0 Å². The Labute approximate surface area is 202 Å². The molecule has 0 aliphatic carbocycles. The van der Waals surface area contributed by atoms with Gasteiger partial charge in [-0.05, 0) is 44.0 Å². The predicted molar refractivity (Wildman–Crippen MR) is 130 cm³/mol. The Balaban J connectivity index is 1.63. The molecule has 1 aliphatic rings. The van der Waals surface area contributed by atoms with Crippen molar-refractivity contribution in [2.45, 2.75) is 39.3 Å². The van der Waals surface area contributed by atoms with Gasteiger partial charge in [-0.2, -0.15) is 0 Å². The first-order valence-electron chi connectivity index (χ1n) is 11.4. The number of aromatic amines is 1. The van der Waals surface area contributed by atoms with E-state index in [0.717, 1.165) is 21.4 Å². The second-order valence-electron chi connectivity index (χ2n) is 8.67. The van der Waals surface area contributed by atoms with Crippen LogP contribution in [0.4, 0.5) is 10.5 Å². The molecule has 180 valence electrons. The number of para-hydroxylation sites is 2. The summed E-state index contributed by atoms with van der Waals surface area (Å²) in [5, 5.41) is 3.18. The zero-order valence-electron chi connectivity index (χ0n) is 19.7. The highest BCUT2D eigenvalue weighted by atomic mass is 16.5. The Bertz CT molecular complexity index is 1330. The first-order valence-corrected chi connectivity index (χ1v) is 11.4. The van der Waals surface area contributed by atoms with Crippen molar-refractivity contribution in [3.05, 3.63) is 65.9 Å². The van der Waals surface area contributed by atoms with Crippen LogP contribution in [0.5, 0.6) is 0 Å². The Kier molecular flexibility index (Phi) is 6.77. The van der Waals surface area contributed by atoms with E-state index in [4.69, 9.17) is 4.74 Å². The highest BCUT2D eigenvalue weighted by Gasteiger charge is 2.43. The van der Waals surface area contributed by atoms with Gasteiger partial charge in [-0.15, -0.1) is 0 Å². The number of H-pyrrole nitrogens is 1. The molecule has 2 heterocycles. The van der Waals surface area contributed by atoms with E-state index in [1.807, 2.05) is 30.5 Å². The first-order chi connectivity index (χ1) is 16.8. The summed E-state index contributed by atoms with van der Waals surface area (Å²) in [6, 6.07) is 12.9. The molecule has 4 amide bonds. The summed E-state index contributed by atoms with van der Waals surface area (Å²) in [5.41, 5.74) is 2.89. The largest absolute Gasteiger partial charge is 0.458 e. The number of carbonyl (C=O) groups excluding carboxylic acids is 4. The molecule has 0 radical (unpaired) electrons. The van der Waals surface area contributed by atoms with Crippen molar-refractivity contribution < 1.29 is 28.9 Å². The number of hydrogen-bond donors (Lipinski definition) is 3. The van der Waals surface area contributed by atoms with Crippen LogP contribution in [-0.4, -0.2) is 47.2 Å². The maximum Gasteiger partial charge on any atom is 0.375 e. The van der Waals surface area contributed by atoms with E-state index < -0.39 is 35.8 Å². The number of barbiturate groups is 1. The van der Waals surface area contributed by atoms with Crippen LogP contribution in [0.25, 0.3) is 10.9 Å². The van der Waals surface area contributed by atoms with E-state index in [0.29, 0.717) is 11.3 Å². The van der Waals surface area contributed by atoms with Gasteiger partial charge in [0.1, 0.15) is 0 Å². The van der Waals surface area contributed by atoms with Gasteiger partial charge in [0, 0.05) is 23.5 Å². The molecule has 1 saturated heterocycles. The number of aryl methyl sites for hydroxylation is 1. The summed E-state index contributed by atoms with van der Waals surface area (Å²) in [6.07, 6.45) is 2.99. The number of imide groups is 2. The van der Waals surface area contributed by atoms with Crippen LogP contribution in [0.2, 0.25) is 0 Å². The van der Waals surface area contributed by atoms with Crippen molar-refractivity contribution in [2.24, 2.45) is 5.92 Å². The van der Waals surface area contributed by atoms with Crippen LogP contribution in [0.1, 0.15) is 25.0 Å². The molecule has 1 aromatic heterocycles. The minimum absolute atomic E-state index is 0.259. The number of amides is 4. The lowest BCUT2D eigenvalue weighted by molar-refractivity contribution is -0.487. The van der Waals surface area contributed by atoms with E-state index in [9.17, 15) is 19.2 Å². The molecule has 0 bridgehead atoms. The quantitative estimate of drug-likeness (QED) is 0.271. The van der Waals surface area contributed by atoms with Crippen LogP contribution in [0.3, 0.4) is 0 Å². The van der Waals surface area contributed by atoms with Crippen molar-refractivity contribution in [3.8, 4) is 0 Å². The van der Waals surface area contributed by atoms with Crippen LogP contribution < -0.4 is 15.2 Å². The van der Waals surface area contributed by atoms with Gasteiger partial charge in [0.15, 0.2) is 12.1 Å². The van der Waals surface area contributed by atoms with E-state index in [1.54, 1.807) is 45.0 Å². The van der Waals surface area contributed by atoms with Gasteiger partial charge in [0.05, 0.1) is 11.8 Å². The number of aromatic nitrogens is 1. The lowest BCUT2D eigenvalue weighted by Gasteiger charge is -2.28. The number of hydrogen-bond acceptors (Lipinski definition) is 5. The van der Waals surface area contributed by atoms with Crippen molar-refractivity contribution in [2.75, 3.05) is 4.90 Å². The first kappa shape index (κ1) is 23.9. The fourth-order valence-corrected chi connectivity index (χ4v) is 4.04. The Morgan fingerprint density at radius 1 is 1.11 bits per heavy atom. The Morgan fingerprint density at radius 2 is 1.83 bits per heavy atom. The summed E-state index contributed by atoms with van der Waals surface area (Å²) in [4.78, 5) is 58.2. The van der Waals surface area contributed by atoms with Crippen LogP contribution in [0, 0.1) is 12.8 Å². The molecule has 2 atom stereocenters. The smallest absolute Gasteiger partial charge is 0.375 e. The van der Waals surface area contributed by atoms with E-state index in [-0.39, 0.29) is 12.5 Å².